The second-order valence-electron chi connectivity index (χ2n) is 6.09. The third kappa shape index (κ3) is 2.02. The molecule has 0 bridgehead atoms. The van der Waals surface area contributed by atoms with E-state index < -0.39 is 0 Å². The normalized spacial score (nSPS) is 37.9. The zero-order chi connectivity index (χ0) is 11.7. The minimum Gasteiger partial charge on any atom is -0.375 e. The molecule has 1 heterocycles. The molecule has 0 aromatic carbocycles. The molecule has 3 rings (SSSR count). The highest BCUT2D eigenvalue weighted by atomic mass is 16.5. The predicted molar refractivity (Wildman–Crippen MR) is 69.0 cm³/mol. The third-order valence-corrected chi connectivity index (χ3v) is 5.26. The van der Waals surface area contributed by atoms with Gasteiger partial charge in [-0.15, -0.1) is 0 Å². The molecule has 17 heavy (non-hydrogen) atoms. The van der Waals surface area contributed by atoms with Crippen molar-refractivity contribution in [3.63, 3.8) is 0 Å². The molecule has 0 aromatic heterocycles. The second kappa shape index (κ2) is 4.87. The number of rotatable bonds is 2. The third-order valence-electron chi connectivity index (χ3n) is 5.26. The molecule has 2 atom stereocenters. The molecule has 1 saturated heterocycles. The first-order chi connectivity index (χ1) is 8.36. The minimum absolute atomic E-state index is 0.315. The van der Waals surface area contributed by atoms with E-state index in [1.807, 2.05) is 0 Å². The summed E-state index contributed by atoms with van der Waals surface area (Å²) in [6, 6.07) is 0.672. The van der Waals surface area contributed by atoms with Crippen LogP contribution in [-0.4, -0.2) is 42.3 Å². The Morgan fingerprint density at radius 2 is 1.94 bits per heavy atom. The molecule has 0 spiro atoms. The molecule has 0 radical (unpaired) electrons. The average Bonchev–Trinajstić information content (AvgIpc) is 2.87. The number of ether oxygens (including phenoxy) is 1. The van der Waals surface area contributed by atoms with Crippen molar-refractivity contribution in [2.45, 2.75) is 69.1 Å². The van der Waals surface area contributed by atoms with Crippen molar-refractivity contribution in [2.75, 3.05) is 19.7 Å². The fourth-order valence-corrected chi connectivity index (χ4v) is 4.33. The largest absolute Gasteiger partial charge is 0.375 e. The molecule has 2 saturated carbocycles. The maximum atomic E-state index is 6.17. The van der Waals surface area contributed by atoms with Gasteiger partial charge in [0.05, 0.1) is 12.7 Å². The van der Waals surface area contributed by atoms with E-state index in [4.69, 9.17) is 10.5 Å². The number of hydrogen-bond donors (Lipinski definition) is 1. The van der Waals surface area contributed by atoms with E-state index in [1.54, 1.807) is 0 Å². The van der Waals surface area contributed by atoms with Gasteiger partial charge in [-0.3, -0.25) is 4.90 Å². The first-order valence-electron chi connectivity index (χ1n) is 7.44. The van der Waals surface area contributed by atoms with Gasteiger partial charge in [0, 0.05) is 24.7 Å². The van der Waals surface area contributed by atoms with Gasteiger partial charge in [-0.1, -0.05) is 19.3 Å². The first-order valence-corrected chi connectivity index (χ1v) is 7.44. The molecular formula is C14H26N2O. The maximum Gasteiger partial charge on any atom is 0.0731 e. The van der Waals surface area contributed by atoms with Gasteiger partial charge in [0.15, 0.2) is 0 Å². The fourth-order valence-electron chi connectivity index (χ4n) is 4.33. The SMILES string of the molecule is NCC1(N2CCOC3CCCC32)CCCCC1. The lowest BCUT2D eigenvalue weighted by Gasteiger charge is -2.52. The van der Waals surface area contributed by atoms with Crippen LogP contribution in [0.3, 0.4) is 0 Å². The molecule has 3 nitrogen and oxygen atoms in total. The number of fused-ring (bicyclic) bond motifs is 1. The van der Waals surface area contributed by atoms with Gasteiger partial charge in [0.25, 0.3) is 0 Å². The summed E-state index contributed by atoms with van der Waals surface area (Å²) >= 11 is 0. The molecule has 0 aromatic rings. The van der Waals surface area contributed by atoms with E-state index >= 15 is 0 Å². The van der Waals surface area contributed by atoms with E-state index in [9.17, 15) is 0 Å². The number of nitrogens with zero attached hydrogens (tertiary/aromatic N) is 1. The summed E-state index contributed by atoms with van der Waals surface area (Å²) in [5.41, 5.74) is 6.48. The van der Waals surface area contributed by atoms with E-state index in [-0.39, 0.29) is 0 Å². The lowest BCUT2D eigenvalue weighted by atomic mass is 9.79. The van der Waals surface area contributed by atoms with Crippen LogP contribution >= 0.6 is 0 Å². The smallest absolute Gasteiger partial charge is 0.0731 e. The van der Waals surface area contributed by atoms with Crippen molar-refractivity contribution in [1.29, 1.82) is 0 Å². The Hall–Kier alpha value is -0.120. The van der Waals surface area contributed by atoms with Gasteiger partial charge in [-0.2, -0.15) is 0 Å². The zero-order valence-corrected chi connectivity index (χ0v) is 10.9. The van der Waals surface area contributed by atoms with Crippen molar-refractivity contribution >= 4 is 0 Å². The second-order valence-corrected chi connectivity index (χ2v) is 6.09. The van der Waals surface area contributed by atoms with Gasteiger partial charge in [-0.05, 0) is 32.1 Å². The highest BCUT2D eigenvalue weighted by molar-refractivity contribution is 5.01. The van der Waals surface area contributed by atoms with Crippen LogP contribution in [-0.2, 0) is 4.74 Å². The quantitative estimate of drug-likeness (QED) is 0.798. The molecule has 1 aliphatic heterocycles. The fraction of sp³-hybridized carbons (Fsp3) is 1.00. The molecule has 2 aliphatic carbocycles. The Morgan fingerprint density at radius 1 is 1.12 bits per heavy atom. The summed E-state index contributed by atoms with van der Waals surface area (Å²) in [5, 5.41) is 0. The topological polar surface area (TPSA) is 38.5 Å². The Kier molecular flexibility index (Phi) is 3.42. The highest BCUT2D eigenvalue weighted by Gasteiger charge is 2.46. The molecule has 3 heteroatoms. The van der Waals surface area contributed by atoms with Crippen LogP contribution in [0.5, 0.6) is 0 Å². The van der Waals surface area contributed by atoms with Gasteiger partial charge in [0.1, 0.15) is 0 Å². The Balaban J connectivity index is 1.79. The van der Waals surface area contributed by atoms with Crippen LogP contribution in [0.25, 0.3) is 0 Å². The van der Waals surface area contributed by atoms with Gasteiger partial charge in [0.2, 0.25) is 0 Å². The number of hydrogen-bond acceptors (Lipinski definition) is 3. The lowest BCUT2D eigenvalue weighted by Crippen LogP contribution is -2.63. The van der Waals surface area contributed by atoms with E-state index in [2.05, 4.69) is 4.90 Å². The standard InChI is InChI=1S/C14H26N2O/c15-11-14(7-2-1-3-8-14)16-9-10-17-13-6-4-5-12(13)16/h12-13H,1-11,15H2. The van der Waals surface area contributed by atoms with E-state index in [0.29, 0.717) is 17.7 Å². The molecule has 3 fully saturated rings. The zero-order valence-electron chi connectivity index (χ0n) is 10.9. The van der Waals surface area contributed by atoms with Crippen LogP contribution in [0.4, 0.5) is 0 Å². The summed E-state index contributed by atoms with van der Waals surface area (Å²) in [5.74, 6) is 0. The van der Waals surface area contributed by atoms with Crippen molar-refractivity contribution in [3.8, 4) is 0 Å². The Bertz CT molecular complexity index is 263. The van der Waals surface area contributed by atoms with Crippen molar-refractivity contribution < 1.29 is 4.74 Å². The van der Waals surface area contributed by atoms with Crippen molar-refractivity contribution in [1.82, 2.24) is 4.90 Å². The minimum atomic E-state index is 0.315. The van der Waals surface area contributed by atoms with Gasteiger partial charge >= 0.3 is 0 Å². The van der Waals surface area contributed by atoms with Crippen LogP contribution in [0.15, 0.2) is 0 Å². The molecule has 2 unspecified atom stereocenters. The number of nitrogens with two attached hydrogens (primary N) is 1. The van der Waals surface area contributed by atoms with Gasteiger partial charge < -0.3 is 10.5 Å². The monoisotopic (exact) mass is 238 g/mol. The number of morpholine rings is 1. The maximum absolute atomic E-state index is 6.17. The van der Waals surface area contributed by atoms with E-state index in [1.165, 1.54) is 51.4 Å². The van der Waals surface area contributed by atoms with Crippen LogP contribution in [0, 0.1) is 0 Å². The predicted octanol–water partition coefficient (Wildman–Crippen LogP) is 1.90. The summed E-state index contributed by atoms with van der Waals surface area (Å²) in [6.45, 7) is 2.87. The molecule has 98 valence electrons. The molecule has 2 N–H and O–H groups in total. The molecule has 0 amide bonds. The van der Waals surface area contributed by atoms with Crippen molar-refractivity contribution in [2.24, 2.45) is 5.73 Å². The Labute approximate surface area is 105 Å². The van der Waals surface area contributed by atoms with Gasteiger partial charge in [-0.25, -0.2) is 0 Å². The Morgan fingerprint density at radius 3 is 2.71 bits per heavy atom. The van der Waals surface area contributed by atoms with Crippen LogP contribution in [0.1, 0.15) is 51.4 Å². The summed E-state index contributed by atoms with van der Waals surface area (Å²) in [6.07, 6.45) is 11.2. The summed E-state index contributed by atoms with van der Waals surface area (Å²) in [4.78, 5) is 2.76. The van der Waals surface area contributed by atoms with E-state index in [0.717, 1.165) is 19.7 Å². The summed E-state index contributed by atoms with van der Waals surface area (Å²) in [7, 11) is 0. The van der Waals surface area contributed by atoms with Crippen LogP contribution < -0.4 is 5.73 Å². The first kappa shape index (κ1) is 11.9. The lowest BCUT2D eigenvalue weighted by molar-refractivity contribution is -0.106. The molecule has 3 aliphatic rings. The average molecular weight is 238 g/mol. The van der Waals surface area contributed by atoms with Crippen LogP contribution in [0.2, 0.25) is 0 Å². The summed E-state index contributed by atoms with van der Waals surface area (Å²) < 4.78 is 5.93. The highest BCUT2D eigenvalue weighted by Crippen LogP contribution is 2.40. The van der Waals surface area contributed by atoms with Crippen molar-refractivity contribution in [3.05, 3.63) is 0 Å². The molecular weight excluding hydrogens is 212 g/mol.